The van der Waals surface area contributed by atoms with Gasteiger partial charge in [-0.15, -0.1) is 0 Å². The molecule has 0 aliphatic carbocycles. The van der Waals surface area contributed by atoms with Gasteiger partial charge in [0.05, 0.1) is 13.2 Å². The lowest BCUT2D eigenvalue weighted by Gasteiger charge is -2.41. The van der Waals surface area contributed by atoms with E-state index in [1.54, 1.807) is 22.5 Å². The molecule has 2 aliphatic rings. The molecule has 0 amide bonds. The van der Waals surface area contributed by atoms with Crippen LogP contribution in [0.25, 0.3) is 0 Å². The highest BCUT2D eigenvalue weighted by Gasteiger charge is 2.41. The summed E-state index contributed by atoms with van der Waals surface area (Å²) in [5.74, 6) is -0.958. The Morgan fingerprint density at radius 1 is 0.758 bits per heavy atom. The molecule has 0 atom stereocenters. The zero-order valence-corrected chi connectivity index (χ0v) is 20.1. The first-order valence-electron chi connectivity index (χ1n) is 12.1. The minimum absolute atomic E-state index is 0.232. The predicted molar refractivity (Wildman–Crippen MR) is 133 cm³/mol. The van der Waals surface area contributed by atoms with Crippen LogP contribution in [0.2, 0.25) is 12.1 Å². The number of benzene rings is 3. The second-order valence-electron chi connectivity index (χ2n) is 9.22. The van der Waals surface area contributed by atoms with Crippen LogP contribution in [0.5, 0.6) is 0 Å². The van der Waals surface area contributed by atoms with Crippen LogP contribution in [0.1, 0.15) is 18.4 Å². The number of nitrogens with zero attached hydrogens (tertiary/aromatic N) is 1. The van der Waals surface area contributed by atoms with Crippen molar-refractivity contribution in [2.45, 2.75) is 30.7 Å². The topological polar surface area (TPSA) is 21.7 Å². The maximum absolute atomic E-state index is 13.4. The number of halogens is 1. The van der Waals surface area contributed by atoms with Crippen LogP contribution in [0, 0.1) is 5.82 Å². The van der Waals surface area contributed by atoms with Gasteiger partial charge in [-0.05, 0) is 50.3 Å². The van der Waals surface area contributed by atoms with Crippen molar-refractivity contribution in [2.24, 2.45) is 0 Å². The quantitative estimate of drug-likeness (QED) is 0.488. The van der Waals surface area contributed by atoms with E-state index in [0.29, 0.717) is 13.2 Å². The van der Waals surface area contributed by atoms with Gasteiger partial charge in [0.25, 0.3) is 0 Å². The molecule has 3 nitrogen and oxygen atoms in total. The van der Waals surface area contributed by atoms with Gasteiger partial charge >= 0.3 is 0 Å². The zero-order chi connectivity index (χ0) is 22.6. The van der Waals surface area contributed by atoms with E-state index in [4.69, 9.17) is 9.47 Å². The summed E-state index contributed by atoms with van der Waals surface area (Å²) in [5, 5.41) is 3.11. The number of rotatable bonds is 7. The van der Waals surface area contributed by atoms with E-state index in [1.165, 1.54) is 24.2 Å². The second-order valence-corrected chi connectivity index (χ2v) is 13.5. The molecule has 0 saturated carbocycles. The molecule has 3 aromatic carbocycles. The number of ether oxygens (including phenoxy) is 2. The summed E-state index contributed by atoms with van der Waals surface area (Å²) in [6, 6.07) is 31.4. The summed E-state index contributed by atoms with van der Waals surface area (Å²) in [4.78, 5) is 2.60. The maximum atomic E-state index is 13.4. The van der Waals surface area contributed by atoms with E-state index in [2.05, 4.69) is 65.6 Å². The van der Waals surface area contributed by atoms with Gasteiger partial charge < -0.3 is 14.4 Å². The summed E-state index contributed by atoms with van der Waals surface area (Å²) in [7, 11) is -1.74. The molecule has 5 heteroatoms. The number of hydrogen-bond donors (Lipinski definition) is 0. The fourth-order valence-electron chi connectivity index (χ4n) is 5.57. The predicted octanol–water partition coefficient (Wildman–Crippen LogP) is 4.38. The van der Waals surface area contributed by atoms with Gasteiger partial charge in [-0.1, -0.05) is 83.2 Å². The first-order chi connectivity index (χ1) is 16.2. The van der Waals surface area contributed by atoms with E-state index < -0.39 is 13.9 Å². The van der Waals surface area contributed by atoms with E-state index in [0.717, 1.165) is 38.0 Å². The summed E-state index contributed by atoms with van der Waals surface area (Å²) in [6.45, 7) is 4.46. The van der Waals surface area contributed by atoms with Crippen molar-refractivity contribution in [3.63, 3.8) is 0 Å². The Labute approximate surface area is 197 Å². The molecule has 0 unspecified atom stereocenters. The largest absolute Gasteiger partial charge is 0.343 e. The van der Waals surface area contributed by atoms with Crippen molar-refractivity contribution in [3.8, 4) is 0 Å². The van der Waals surface area contributed by atoms with E-state index in [1.807, 2.05) is 0 Å². The van der Waals surface area contributed by atoms with Crippen LogP contribution in [-0.2, 0) is 15.3 Å². The molecule has 0 spiro atoms. The Morgan fingerprint density at radius 3 is 1.85 bits per heavy atom. The van der Waals surface area contributed by atoms with Gasteiger partial charge in [0.1, 0.15) is 13.9 Å². The van der Waals surface area contributed by atoms with E-state index >= 15 is 0 Å². The fourth-order valence-corrected chi connectivity index (χ4v) is 10.4. The standard InChI is InChI=1S/C28H32FNO2Si/c29-25-14-12-24(13-15-25)28(31-20-21-32-28)16-7-17-30-18-22-33(23-19-30,26-8-3-1-4-9-26)27-10-5-2-6-11-27/h1-6,8-15H,7,16-23H2. The van der Waals surface area contributed by atoms with Crippen molar-refractivity contribution in [1.82, 2.24) is 4.90 Å². The normalized spacial score (nSPS) is 20.0. The first kappa shape index (κ1) is 22.5. The van der Waals surface area contributed by atoms with Crippen molar-refractivity contribution in [1.29, 1.82) is 0 Å². The highest BCUT2D eigenvalue weighted by atomic mass is 28.3. The molecule has 5 rings (SSSR count). The molecule has 2 aliphatic heterocycles. The van der Waals surface area contributed by atoms with Crippen molar-refractivity contribution in [3.05, 3.63) is 96.3 Å². The van der Waals surface area contributed by atoms with E-state index in [9.17, 15) is 4.39 Å². The smallest absolute Gasteiger partial charge is 0.195 e. The summed E-state index contributed by atoms with van der Waals surface area (Å²) >= 11 is 0. The molecule has 0 aromatic heterocycles. The minimum Gasteiger partial charge on any atom is -0.343 e. The monoisotopic (exact) mass is 461 g/mol. The van der Waals surface area contributed by atoms with Crippen LogP contribution in [-0.4, -0.2) is 45.8 Å². The second kappa shape index (κ2) is 9.90. The Balaban J connectivity index is 1.24. The lowest BCUT2D eigenvalue weighted by molar-refractivity contribution is -0.172. The first-order valence-corrected chi connectivity index (χ1v) is 14.5. The Bertz CT molecular complexity index is 973. The highest BCUT2D eigenvalue weighted by Crippen LogP contribution is 2.36. The maximum Gasteiger partial charge on any atom is 0.195 e. The molecule has 3 aromatic rings. The summed E-state index contributed by atoms with van der Waals surface area (Å²) < 4.78 is 25.5. The summed E-state index contributed by atoms with van der Waals surface area (Å²) in [5.41, 5.74) is 0.916. The highest BCUT2D eigenvalue weighted by molar-refractivity contribution is 7.02. The van der Waals surface area contributed by atoms with Gasteiger partial charge in [-0.2, -0.15) is 0 Å². The Morgan fingerprint density at radius 2 is 1.30 bits per heavy atom. The minimum atomic E-state index is -1.74. The molecular weight excluding hydrogens is 429 g/mol. The van der Waals surface area contributed by atoms with Crippen molar-refractivity contribution < 1.29 is 13.9 Å². The molecule has 172 valence electrons. The lowest BCUT2D eigenvalue weighted by atomic mass is 10.0. The number of hydrogen-bond acceptors (Lipinski definition) is 3. The third kappa shape index (κ3) is 4.69. The third-order valence-electron chi connectivity index (χ3n) is 7.38. The van der Waals surface area contributed by atoms with Gasteiger partial charge in [-0.25, -0.2) is 4.39 Å². The molecule has 2 saturated heterocycles. The van der Waals surface area contributed by atoms with Crippen LogP contribution in [0.4, 0.5) is 4.39 Å². The fraction of sp³-hybridized carbons (Fsp3) is 0.357. The van der Waals surface area contributed by atoms with Crippen molar-refractivity contribution >= 4 is 18.4 Å². The molecule has 0 N–H and O–H groups in total. The van der Waals surface area contributed by atoms with Crippen molar-refractivity contribution in [2.75, 3.05) is 32.8 Å². The molecule has 33 heavy (non-hydrogen) atoms. The van der Waals surface area contributed by atoms with E-state index in [-0.39, 0.29) is 5.82 Å². The lowest BCUT2D eigenvalue weighted by Crippen LogP contribution is -2.63. The Kier molecular flexibility index (Phi) is 6.74. The van der Waals surface area contributed by atoms with Crippen LogP contribution < -0.4 is 10.4 Å². The molecule has 2 fully saturated rings. The van der Waals surface area contributed by atoms with Crippen LogP contribution >= 0.6 is 0 Å². The van der Waals surface area contributed by atoms with Gasteiger partial charge in [0, 0.05) is 12.0 Å². The molecule has 0 radical (unpaired) electrons. The summed E-state index contributed by atoms with van der Waals surface area (Å²) in [6.07, 6.45) is 1.78. The molecule has 0 bridgehead atoms. The SMILES string of the molecule is Fc1ccc(C2(CCCN3CC[Si](c4ccccc4)(c4ccccc4)CC3)OCCO2)cc1. The average molecular weight is 462 g/mol. The molecular formula is C28H32FNO2Si. The van der Waals surface area contributed by atoms with Crippen LogP contribution in [0.15, 0.2) is 84.9 Å². The molecule has 2 heterocycles. The van der Waals surface area contributed by atoms with Gasteiger partial charge in [0.15, 0.2) is 5.79 Å². The van der Waals surface area contributed by atoms with Gasteiger partial charge in [-0.3, -0.25) is 0 Å². The third-order valence-corrected chi connectivity index (χ3v) is 12.4. The average Bonchev–Trinajstić information content (AvgIpc) is 3.36. The van der Waals surface area contributed by atoms with Crippen LogP contribution in [0.3, 0.4) is 0 Å². The Hall–Kier alpha value is -2.31. The zero-order valence-electron chi connectivity index (χ0n) is 19.1. The van der Waals surface area contributed by atoms with Gasteiger partial charge in [0.2, 0.25) is 0 Å².